The summed E-state index contributed by atoms with van der Waals surface area (Å²) in [5.41, 5.74) is 0. The summed E-state index contributed by atoms with van der Waals surface area (Å²) in [6, 6.07) is 8.23. The number of para-hydroxylation sites is 1. The summed E-state index contributed by atoms with van der Waals surface area (Å²) < 4.78 is 8.02. The predicted molar refractivity (Wildman–Crippen MR) is 119 cm³/mol. The summed E-state index contributed by atoms with van der Waals surface area (Å²) >= 11 is 7.68. The van der Waals surface area contributed by atoms with E-state index in [9.17, 15) is 4.79 Å². The first kappa shape index (κ1) is 21.5. The molecule has 0 bridgehead atoms. The van der Waals surface area contributed by atoms with E-state index in [1.807, 2.05) is 18.2 Å². The molecule has 0 unspecified atom stereocenters. The molecule has 0 saturated heterocycles. The van der Waals surface area contributed by atoms with Crippen LogP contribution in [-0.2, 0) is 11.4 Å². The molecule has 0 aliphatic heterocycles. The predicted octanol–water partition coefficient (Wildman–Crippen LogP) is 5.12. The van der Waals surface area contributed by atoms with Gasteiger partial charge < -0.3 is 9.64 Å². The van der Waals surface area contributed by atoms with Crippen LogP contribution >= 0.6 is 23.4 Å². The summed E-state index contributed by atoms with van der Waals surface area (Å²) in [6.07, 6.45) is 8.24. The normalized spacial score (nSPS) is 17.1. The van der Waals surface area contributed by atoms with Crippen LogP contribution in [0.1, 0.15) is 63.7 Å². The van der Waals surface area contributed by atoms with E-state index in [0.29, 0.717) is 35.2 Å². The van der Waals surface area contributed by atoms with Crippen LogP contribution in [0.3, 0.4) is 0 Å². The van der Waals surface area contributed by atoms with Gasteiger partial charge in [0.05, 0.1) is 10.8 Å². The number of halogens is 1. The van der Waals surface area contributed by atoms with Gasteiger partial charge in [-0.05, 0) is 44.7 Å². The van der Waals surface area contributed by atoms with Gasteiger partial charge in [0.2, 0.25) is 5.91 Å². The molecule has 2 aliphatic carbocycles. The van der Waals surface area contributed by atoms with Crippen LogP contribution in [0, 0.1) is 0 Å². The summed E-state index contributed by atoms with van der Waals surface area (Å²) in [5.74, 6) is 2.03. The summed E-state index contributed by atoms with van der Waals surface area (Å²) in [6.45, 7) is 3.16. The van der Waals surface area contributed by atoms with Crippen molar-refractivity contribution in [2.24, 2.45) is 0 Å². The number of hydrogen-bond donors (Lipinski definition) is 0. The highest BCUT2D eigenvalue weighted by atomic mass is 35.5. The summed E-state index contributed by atoms with van der Waals surface area (Å²) in [5, 5.41) is 10.1. The number of amides is 1. The van der Waals surface area contributed by atoms with Crippen LogP contribution in [0.25, 0.3) is 0 Å². The molecule has 1 aromatic carbocycles. The molecule has 0 radical (unpaired) electrons. The first-order chi connectivity index (χ1) is 14.7. The Hall–Kier alpha value is -1.73. The second kappa shape index (κ2) is 10.1. The topological polar surface area (TPSA) is 60.3 Å². The third-order valence-corrected chi connectivity index (χ3v) is 7.08. The number of ether oxygens (including phenoxy) is 1. The molecule has 30 heavy (non-hydrogen) atoms. The van der Waals surface area contributed by atoms with Gasteiger partial charge in [-0.25, -0.2) is 0 Å². The van der Waals surface area contributed by atoms with Crippen molar-refractivity contribution in [2.75, 3.05) is 12.3 Å². The van der Waals surface area contributed by atoms with E-state index in [2.05, 4.69) is 26.6 Å². The number of carbonyl (C=O) groups excluding carboxylic acids is 1. The molecule has 4 rings (SSSR count). The smallest absolute Gasteiger partial charge is 0.233 e. The van der Waals surface area contributed by atoms with Crippen molar-refractivity contribution in [3.63, 3.8) is 0 Å². The maximum atomic E-state index is 12.9. The van der Waals surface area contributed by atoms with Gasteiger partial charge in [0.1, 0.15) is 12.4 Å². The van der Waals surface area contributed by atoms with Crippen LogP contribution in [0.4, 0.5) is 0 Å². The minimum atomic E-state index is 0.202. The Bertz CT molecular complexity index is 865. The maximum Gasteiger partial charge on any atom is 0.233 e. The van der Waals surface area contributed by atoms with Gasteiger partial charge in [-0.1, -0.05) is 54.8 Å². The van der Waals surface area contributed by atoms with E-state index >= 15 is 0 Å². The largest absolute Gasteiger partial charge is 0.484 e. The van der Waals surface area contributed by atoms with Crippen LogP contribution in [0.5, 0.6) is 5.75 Å². The maximum absolute atomic E-state index is 12.9. The number of nitrogens with zero attached hydrogens (tertiary/aromatic N) is 4. The van der Waals surface area contributed by atoms with E-state index < -0.39 is 0 Å². The molecular weight excluding hydrogens is 420 g/mol. The Morgan fingerprint density at radius 3 is 2.67 bits per heavy atom. The van der Waals surface area contributed by atoms with Crippen molar-refractivity contribution in [2.45, 2.75) is 75.7 Å². The second-order valence-electron chi connectivity index (χ2n) is 7.98. The van der Waals surface area contributed by atoms with Crippen LogP contribution in [0.2, 0.25) is 5.02 Å². The van der Waals surface area contributed by atoms with Crippen LogP contribution in [-0.4, -0.2) is 43.9 Å². The van der Waals surface area contributed by atoms with Crippen LogP contribution < -0.4 is 4.74 Å². The van der Waals surface area contributed by atoms with Crippen LogP contribution in [0.15, 0.2) is 29.4 Å². The number of hydrogen-bond acceptors (Lipinski definition) is 5. The molecule has 1 heterocycles. The third kappa shape index (κ3) is 5.11. The zero-order chi connectivity index (χ0) is 20.9. The lowest BCUT2D eigenvalue weighted by molar-refractivity contribution is -0.131. The highest BCUT2D eigenvalue weighted by Crippen LogP contribution is 2.39. The lowest BCUT2D eigenvalue weighted by Crippen LogP contribution is -2.42. The first-order valence-electron chi connectivity index (χ1n) is 10.9. The second-order valence-corrected chi connectivity index (χ2v) is 9.33. The van der Waals surface area contributed by atoms with Crippen molar-refractivity contribution < 1.29 is 9.53 Å². The number of benzene rings is 1. The average Bonchev–Trinajstić information content (AvgIpc) is 3.53. The Morgan fingerprint density at radius 1 is 1.20 bits per heavy atom. The molecular formula is C22H29ClN4O2S. The molecule has 6 nitrogen and oxygen atoms in total. The Balaban J connectivity index is 1.39. The molecule has 1 aromatic heterocycles. The molecule has 162 valence electrons. The van der Waals surface area contributed by atoms with E-state index in [4.69, 9.17) is 16.3 Å². The van der Waals surface area contributed by atoms with Crippen molar-refractivity contribution in [3.8, 4) is 5.75 Å². The molecule has 0 atom stereocenters. The highest BCUT2D eigenvalue weighted by Gasteiger charge is 2.31. The van der Waals surface area contributed by atoms with Gasteiger partial charge in [0.15, 0.2) is 11.0 Å². The Labute approximate surface area is 187 Å². The lowest BCUT2D eigenvalue weighted by atomic mass is 9.94. The number of thioether (sulfide) groups is 1. The monoisotopic (exact) mass is 448 g/mol. The minimum absolute atomic E-state index is 0.202. The molecule has 0 spiro atoms. The standard InChI is InChI=1S/C22H29ClN4O2S/c1-2-26(16-8-4-3-5-9-16)21(28)15-30-22-25-24-20(27(22)17-12-13-17)14-29-19-11-7-6-10-18(19)23/h6-7,10-11,16-17H,2-5,8-9,12-15H2,1H3. The molecule has 2 saturated carbocycles. The van der Waals surface area contributed by atoms with Gasteiger partial charge in [-0.2, -0.15) is 0 Å². The van der Waals surface area contributed by atoms with E-state index in [1.54, 1.807) is 6.07 Å². The average molecular weight is 449 g/mol. The van der Waals surface area contributed by atoms with Gasteiger partial charge in [0.25, 0.3) is 0 Å². The van der Waals surface area contributed by atoms with Crippen molar-refractivity contribution in [1.29, 1.82) is 0 Å². The zero-order valence-electron chi connectivity index (χ0n) is 17.4. The molecule has 2 aromatic rings. The van der Waals surface area contributed by atoms with Gasteiger partial charge >= 0.3 is 0 Å². The fourth-order valence-electron chi connectivity index (χ4n) is 4.15. The Morgan fingerprint density at radius 2 is 1.97 bits per heavy atom. The fourth-order valence-corrected chi connectivity index (χ4v) is 5.25. The van der Waals surface area contributed by atoms with Gasteiger partial charge in [-0.15, -0.1) is 10.2 Å². The van der Waals surface area contributed by atoms with Gasteiger partial charge in [0, 0.05) is 18.6 Å². The van der Waals surface area contributed by atoms with Crippen molar-refractivity contribution in [1.82, 2.24) is 19.7 Å². The third-order valence-electron chi connectivity index (χ3n) is 5.84. The van der Waals surface area contributed by atoms with E-state index in [1.165, 1.54) is 31.0 Å². The van der Waals surface area contributed by atoms with Crippen molar-refractivity contribution >= 4 is 29.3 Å². The van der Waals surface area contributed by atoms with E-state index in [-0.39, 0.29) is 5.91 Å². The molecule has 2 fully saturated rings. The fraction of sp³-hybridized carbons (Fsp3) is 0.591. The SMILES string of the molecule is CCN(C(=O)CSc1nnc(COc2ccccc2Cl)n1C1CC1)C1CCCCC1. The molecule has 0 N–H and O–H groups in total. The minimum Gasteiger partial charge on any atom is -0.484 e. The summed E-state index contributed by atoms with van der Waals surface area (Å²) in [7, 11) is 0. The number of carbonyl (C=O) groups is 1. The molecule has 2 aliphatic rings. The zero-order valence-corrected chi connectivity index (χ0v) is 19.0. The first-order valence-corrected chi connectivity index (χ1v) is 12.3. The van der Waals surface area contributed by atoms with Crippen molar-refractivity contribution in [3.05, 3.63) is 35.1 Å². The quantitative estimate of drug-likeness (QED) is 0.498. The number of rotatable bonds is 9. The highest BCUT2D eigenvalue weighted by molar-refractivity contribution is 7.99. The summed E-state index contributed by atoms with van der Waals surface area (Å²) in [4.78, 5) is 15.0. The Kier molecular flexibility index (Phi) is 7.20. The van der Waals surface area contributed by atoms with E-state index in [0.717, 1.165) is 43.2 Å². The molecule has 1 amide bonds. The number of aromatic nitrogens is 3. The van der Waals surface area contributed by atoms with Gasteiger partial charge in [-0.3, -0.25) is 9.36 Å². The molecule has 8 heteroatoms. The lowest BCUT2D eigenvalue weighted by Gasteiger charge is -2.33.